The van der Waals surface area contributed by atoms with Crippen LogP contribution in [0, 0.1) is 0 Å². The van der Waals surface area contributed by atoms with Gasteiger partial charge in [0.25, 0.3) is 0 Å². The number of aliphatic imine (C=N–C) groups is 1. The molecular weight excluding hydrogens is 344 g/mol. The van der Waals surface area contributed by atoms with Gasteiger partial charge in [-0.05, 0) is 37.6 Å². The highest BCUT2D eigenvalue weighted by Crippen LogP contribution is 2.21. The van der Waals surface area contributed by atoms with Crippen molar-refractivity contribution in [3.05, 3.63) is 51.6 Å². The molecule has 3 rings (SSSR count). The van der Waals surface area contributed by atoms with Gasteiger partial charge >= 0.3 is 0 Å². The van der Waals surface area contributed by atoms with Crippen LogP contribution in [0.5, 0.6) is 0 Å². The van der Waals surface area contributed by atoms with Crippen LogP contribution in [-0.4, -0.2) is 33.6 Å². The summed E-state index contributed by atoms with van der Waals surface area (Å²) in [4.78, 5) is 5.85. The highest BCUT2D eigenvalue weighted by Gasteiger charge is 2.05. The number of aromatic nitrogens is 3. The Kier molecular flexibility index (Phi) is 5.66. The van der Waals surface area contributed by atoms with Gasteiger partial charge in [-0.1, -0.05) is 17.7 Å². The molecule has 0 amide bonds. The van der Waals surface area contributed by atoms with Crippen molar-refractivity contribution >= 4 is 34.5 Å². The third-order valence-electron chi connectivity index (χ3n) is 3.40. The van der Waals surface area contributed by atoms with E-state index in [9.17, 15) is 0 Å². The smallest absolute Gasteiger partial charge is 0.191 e. The van der Waals surface area contributed by atoms with Gasteiger partial charge in [0.15, 0.2) is 17.4 Å². The average molecular weight is 363 g/mol. The molecule has 24 heavy (non-hydrogen) atoms. The van der Waals surface area contributed by atoms with Crippen LogP contribution in [-0.2, 0) is 13.0 Å². The number of nitrogens with one attached hydrogen (secondary N) is 2. The minimum Gasteiger partial charge on any atom is -0.357 e. The van der Waals surface area contributed by atoms with E-state index in [0.29, 0.717) is 6.54 Å². The second-order valence-electron chi connectivity index (χ2n) is 5.12. The standard InChI is InChI=1S/C16H19ClN6S/c1-2-18-16(19-9-8-12-6-7-13(17)24-12)20-11-15-22-21-14-5-3-4-10-23(14)15/h3-7,10H,2,8-9,11H2,1H3,(H2,18,19,20). The molecule has 0 radical (unpaired) electrons. The van der Waals surface area contributed by atoms with E-state index < -0.39 is 0 Å². The zero-order valence-electron chi connectivity index (χ0n) is 13.4. The number of rotatable bonds is 6. The number of halogens is 1. The molecule has 0 aliphatic rings. The maximum atomic E-state index is 5.95. The monoisotopic (exact) mass is 362 g/mol. The second kappa shape index (κ2) is 8.12. The molecule has 3 aromatic rings. The summed E-state index contributed by atoms with van der Waals surface area (Å²) < 4.78 is 2.77. The van der Waals surface area contributed by atoms with Gasteiger partial charge in [-0.2, -0.15) is 0 Å². The SMILES string of the molecule is CCNC(=NCc1nnc2ccccn12)NCCc1ccc(Cl)s1. The topological polar surface area (TPSA) is 66.6 Å². The van der Waals surface area contributed by atoms with Gasteiger partial charge in [0.1, 0.15) is 6.54 Å². The van der Waals surface area contributed by atoms with Crippen molar-refractivity contribution in [3.63, 3.8) is 0 Å². The van der Waals surface area contributed by atoms with Crippen LogP contribution >= 0.6 is 22.9 Å². The minimum atomic E-state index is 0.464. The number of hydrogen-bond donors (Lipinski definition) is 2. The summed E-state index contributed by atoms with van der Waals surface area (Å²) in [6.07, 6.45) is 2.86. The third-order valence-corrected chi connectivity index (χ3v) is 4.69. The molecule has 0 spiro atoms. The lowest BCUT2D eigenvalue weighted by atomic mass is 10.3. The first-order chi connectivity index (χ1) is 11.8. The number of hydrogen-bond acceptors (Lipinski definition) is 4. The van der Waals surface area contributed by atoms with Crippen LogP contribution in [0.4, 0.5) is 0 Å². The minimum absolute atomic E-state index is 0.464. The van der Waals surface area contributed by atoms with Crippen molar-refractivity contribution < 1.29 is 0 Å². The van der Waals surface area contributed by atoms with Gasteiger partial charge in [0.05, 0.1) is 4.34 Å². The number of fused-ring (bicyclic) bond motifs is 1. The van der Waals surface area contributed by atoms with Gasteiger partial charge in [-0.15, -0.1) is 21.5 Å². The molecule has 0 unspecified atom stereocenters. The Morgan fingerprint density at radius 1 is 1.25 bits per heavy atom. The van der Waals surface area contributed by atoms with Crippen LogP contribution in [0.15, 0.2) is 41.5 Å². The lowest BCUT2D eigenvalue weighted by molar-refractivity contribution is 0.791. The highest BCUT2D eigenvalue weighted by molar-refractivity contribution is 7.16. The predicted octanol–water partition coefficient (Wildman–Crippen LogP) is 2.74. The largest absolute Gasteiger partial charge is 0.357 e. The molecule has 0 aliphatic heterocycles. The lowest BCUT2D eigenvalue weighted by Gasteiger charge is -2.10. The number of nitrogens with zero attached hydrogens (tertiary/aromatic N) is 4. The fraction of sp³-hybridized carbons (Fsp3) is 0.312. The molecule has 0 saturated heterocycles. The molecule has 0 fully saturated rings. The first-order valence-corrected chi connectivity index (χ1v) is 9.00. The Balaban J connectivity index is 1.60. The van der Waals surface area contributed by atoms with E-state index in [1.807, 2.05) is 41.8 Å². The van der Waals surface area contributed by atoms with Gasteiger partial charge in [0.2, 0.25) is 0 Å². The van der Waals surface area contributed by atoms with E-state index in [-0.39, 0.29) is 0 Å². The summed E-state index contributed by atoms with van der Waals surface area (Å²) in [5.74, 6) is 1.58. The molecule has 0 saturated carbocycles. The van der Waals surface area contributed by atoms with Gasteiger partial charge in [-0.25, -0.2) is 4.99 Å². The molecule has 8 heteroatoms. The van der Waals surface area contributed by atoms with Gasteiger partial charge in [0, 0.05) is 24.2 Å². The Morgan fingerprint density at radius 3 is 2.96 bits per heavy atom. The summed E-state index contributed by atoms with van der Waals surface area (Å²) in [5, 5.41) is 14.9. The van der Waals surface area contributed by atoms with Crippen molar-refractivity contribution in [2.24, 2.45) is 4.99 Å². The molecule has 126 valence electrons. The number of thiophene rings is 1. The van der Waals surface area contributed by atoms with Crippen LogP contribution in [0.1, 0.15) is 17.6 Å². The van der Waals surface area contributed by atoms with E-state index in [1.165, 1.54) is 4.88 Å². The first-order valence-electron chi connectivity index (χ1n) is 7.81. The van der Waals surface area contributed by atoms with E-state index in [2.05, 4.69) is 31.9 Å². The fourth-order valence-corrected chi connectivity index (χ4v) is 3.37. The first kappa shape index (κ1) is 16.7. The molecule has 0 atom stereocenters. The Morgan fingerprint density at radius 2 is 2.17 bits per heavy atom. The van der Waals surface area contributed by atoms with E-state index in [1.54, 1.807) is 11.3 Å². The molecular formula is C16H19ClN6S. The highest BCUT2D eigenvalue weighted by atomic mass is 35.5. The zero-order valence-corrected chi connectivity index (χ0v) is 14.9. The fourth-order valence-electron chi connectivity index (χ4n) is 2.28. The van der Waals surface area contributed by atoms with E-state index >= 15 is 0 Å². The van der Waals surface area contributed by atoms with Crippen molar-refractivity contribution in [2.45, 2.75) is 19.9 Å². The molecule has 0 aromatic carbocycles. The van der Waals surface area contributed by atoms with Crippen LogP contribution in [0.2, 0.25) is 4.34 Å². The zero-order chi connectivity index (χ0) is 16.8. The molecule has 6 nitrogen and oxygen atoms in total. The summed E-state index contributed by atoms with van der Waals surface area (Å²) in [6.45, 7) is 4.11. The normalized spacial score (nSPS) is 11.8. The Hall–Kier alpha value is -2.12. The van der Waals surface area contributed by atoms with Crippen molar-refractivity contribution in [3.8, 4) is 0 Å². The van der Waals surface area contributed by atoms with Gasteiger partial charge in [-0.3, -0.25) is 4.40 Å². The van der Waals surface area contributed by atoms with Crippen LogP contribution in [0.3, 0.4) is 0 Å². The van der Waals surface area contributed by atoms with E-state index in [0.717, 1.165) is 41.3 Å². The van der Waals surface area contributed by atoms with E-state index in [4.69, 9.17) is 11.6 Å². The Labute approximate surface area is 149 Å². The van der Waals surface area contributed by atoms with Crippen molar-refractivity contribution in [1.82, 2.24) is 25.2 Å². The van der Waals surface area contributed by atoms with Crippen LogP contribution < -0.4 is 10.6 Å². The maximum Gasteiger partial charge on any atom is 0.191 e. The summed E-state index contributed by atoms with van der Waals surface area (Å²) in [5.41, 5.74) is 0.829. The number of pyridine rings is 1. The van der Waals surface area contributed by atoms with Crippen LogP contribution in [0.25, 0.3) is 5.65 Å². The average Bonchev–Trinajstić information content (AvgIpc) is 3.19. The Bertz CT molecular complexity index is 825. The second-order valence-corrected chi connectivity index (χ2v) is 6.92. The molecule has 3 heterocycles. The molecule has 3 aromatic heterocycles. The van der Waals surface area contributed by atoms with Crippen molar-refractivity contribution in [2.75, 3.05) is 13.1 Å². The molecule has 2 N–H and O–H groups in total. The molecule has 0 bridgehead atoms. The predicted molar refractivity (Wildman–Crippen MR) is 98.8 cm³/mol. The maximum absolute atomic E-state index is 5.95. The quantitative estimate of drug-likeness (QED) is 0.522. The lowest BCUT2D eigenvalue weighted by Crippen LogP contribution is -2.38. The molecule has 0 aliphatic carbocycles. The van der Waals surface area contributed by atoms with Gasteiger partial charge < -0.3 is 10.6 Å². The summed E-state index contributed by atoms with van der Waals surface area (Å²) in [7, 11) is 0. The number of guanidine groups is 1. The van der Waals surface area contributed by atoms with Crippen molar-refractivity contribution in [1.29, 1.82) is 0 Å². The summed E-state index contributed by atoms with van der Waals surface area (Å²) in [6, 6.07) is 9.81. The summed E-state index contributed by atoms with van der Waals surface area (Å²) >= 11 is 7.56. The third kappa shape index (κ3) is 4.24.